The molecule has 0 bridgehead atoms. The molecule has 4 rings (SSSR count). The standard InChI is InChI=1S/C23H28F3N5O3S/c1-15-14-30(20-4-3-17(13-18(20)24)35(2,33)34)11-12-31(15)22-27-10-7-19(29-22)21(32)28-16-5-8-23(25,26)9-6-16/h3-4,7,10,13,15-16H,5-6,8-9,11-12,14H2,1-2H3,(H,28,32)/t15-/m1/s1. The van der Waals surface area contributed by atoms with Crippen LogP contribution in [0.1, 0.15) is 43.1 Å². The Labute approximate surface area is 202 Å². The molecular weight excluding hydrogens is 483 g/mol. The Balaban J connectivity index is 1.41. The minimum Gasteiger partial charge on any atom is -0.365 e. The van der Waals surface area contributed by atoms with Gasteiger partial charge in [-0.1, -0.05) is 0 Å². The van der Waals surface area contributed by atoms with E-state index in [4.69, 9.17) is 0 Å². The third-order valence-corrected chi connectivity index (χ3v) is 7.61. The summed E-state index contributed by atoms with van der Waals surface area (Å²) in [4.78, 5) is 25.0. The Kier molecular flexibility index (Phi) is 6.94. The lowest BCUT2D eigenvalue weighted by molar-refractivity contribution is -0.0399. The maximum absolute atomic E-state index is 14.7. The molecule has 8 nitrogen and oxygen atoms in total. The van der Waals surface area contributed by atoms with Crippen molar-refractivity contribution in [2.45, 2.75) is 55.5 Å². The average Bonchev–Trinajstić information content (AvgIpc) is 2.80. The summed E-state index contributed by atoms with van der Waals surface area (Å²) in [7, 11) is -3.50. The number of alkyl halides is 2. The molecule has 2 fully saturated rings. The molecule has 1 aliphatic heterocycles. The van der Waals surface area contributed by atoms with Gasteiger partial charge in [-0.05, 0) is 44.0 Å². The van der Waals surface area contributed by atoms with E-state index in [-0.39, 0.29) is 48.4 Å². The Bertz CT molecular complexity index is 1200. The SMILES string of the molecule is C[C@@H]1CN(c2ccc(S(C)(=O)=O)cc2F)CCN1c1nccc(C(=O)NC2CCC(F)(F)CC2)n1. The molecular formula is C23H28F3N5O3S. The lowest BCUT2D eigenvalue weighted by Crippen LogP contribution is -2.53. The predicted molar refractivity (Wildman–Crippen MR) is 125 cm³/mol. The van der Waals surface area contributed by atoms with Crippen molar-refractivity contribution >= 4 is 27.4 Å². The minimum atomic E-state index is -3.50. The Morgan fingerprint density at radius 3 is 2.51 bits per heavy atom. The quantitative estimate of drug-likeness (QED) is 0.659. The summed E-state index contributed by atoms with van der Waals surface area (Å²) in [6.07, 6.45) is 2.46. The molecule has 1 amide bonds. The van der Waals surface area contributed by atoms with Crippen molar-refractivity contribution in [3.63, 3.8) is 0 Å². The molecule has 2 aliphatic rings. The molecule has 1 aliphatic carbocycles. The van der Waals surface area contributed by atoms with Crippen LogP contribution in [0.2, 0.25) is 0 Å². The molecule has 0 radical (unpaired) electrons. The van der Waals surface area contributed by atoms with Crippen molar-refractivity contribution in [1.82, 2.24) is 15.3 Å². The maximum Gasteiger partial charge on any atom is 0.270 e. The van der Waals surface area contributed by atoms with E-state index in [0.717, 1.165) is 12.3 Å². The number of anilines is 2. The third-order valence-electron chi connectivity index (χ3n) is 6.50. The fourth-order valence-electron chi connectivity index (χ4n) is 4.51. The van der Waals surface area contributed by atoms with E-state index in [0.29, 0.717) is 31.3 Å². The van der Waals surface area contributed by atoms with Gasteiger partial charge in [0, 0.05) is 57.0 Å². The van der Waals surface area contributed by atoms with Crippen LogP contribution in [0.3, 0.4) is 0 Å². The molecule has 1 aromatic heterocycles. The summed E-state index contributed by atoms with van der Waals surface area (Å²) in [5.41, 5.74) is 0.473. The number of piperazine rings is 1. The van der Waals surface area contributed by atoms with Crippen LogP contribution in [0.5, 0.6) is 0 Å². The number of halogens is 3. The van der Waals surface area contributed by atoms with E-state index in [2.05, 4.69) is 15.3 Å². The summed E-state index contributed by atoms with van der Waals surface area (Å²) >= 11 is 0. The monoisotopic (exact) mass is 511 g/mol. The molecule has 0 spiro atoms. The second-order valence-electron chi connectivity index (χ2n) is 9.22. The normalized spacial score (nSPS) is 21.1. The Morgan fingerprint density at radius 2 is 1.89 bits per heavy atom. The number of sulfone groups is 1. The zero-order chi connectivity index (χ0) is 25.4. The van der Waals surface area contributed by atoms with Gasteiger partial charge in [0.25, 0.3) is 5.91 Å². The minimum absolute atomic E-state index is 0.0733. The fraction of sp³-hybridized carbons (Fsp3) is 0.522. The van der Waals surface area contributed by atoms with Gasteiger partial charge in [-0.15, -0.1) is 0 Å². The van der Waals surface area contributed by atoms with Crippen molar-refractivity contribution in [2.24, 2.45) is 0 Å². The number of nitrogens with one attached hydrogen (secondary N) is 1. The average molecular weight is 512 g/mol. The van der Waals surface area contributed by atoms with Crippen LogP contribution in [0, 0.1) is 5.82 Å². The van der Waals surface area contributed by atoms with Gasteiger partial charge in [0.15, 0.2) is 9.84 Å². The van der Waals surface area contributed by atoms with Crippen LogP contribution in [0.25, 0.3) is 0 Å². The van der Waals surface area contributed by atoms with Crippen LogP contribution >= 0.6 is 0 Å². The largest absolute Gasteiger partial charge is 0.365 e. The number of hydrogen-bond donors (Lipinski definition) is 1. The first-order valence-electron chi connectivity index (χ1n) is 11.5. The van der Waals surface area contributed by atoms with E-state index >= 15 is 0 Å². The Morgan fingerprint density at radius 1 is 1.17 bits per heavy atom. The molecule has 12 heteroatoms. The number of hydrogen-bond acceptors (Lipinski definition) is 7. The highest BCUT2D eigenvalue weighted by Gasteiger charge is 2.35. The van der Waals surface area contributed by atoms with Crippen molar-refractivity contribution in [2.75, 3.05) is 35.7 Å². The van der Waals surface area contributed by atoms with Crippen LogP contribution in [-0.4, -0.2) is 68.2 Å². The Hall–Kier alpha value is -2.89. The molecule has 0 unspecified atom stereocenters. The molecule has 1 aromatic carbocycles. The summed E-state index contributed by atoms with van der Waals surface area (Å²) < 4.78 is 64.8. The van der Waals surface area contributed by atoms with Crippen molar-refractivity contribution in [3.8, 4) is 0 Å². The van der Waals surface area contributed by atoms with Gasteiger partial charge in [0.2, 0.25) is 11.9 Å². The van der Waals surface area contributed by atoms with E-state index < -0.39 is 27.5 Å². The van der Waals surface area contributed by atoms with E-state index in [1.165, 1.54) is 24.4 Å². The first-order valence-corrected chi connectivity index (χ1v) is 13.3. The molecule has 2 aromatic rings. The van der Waals surface area contributed by atoms with Crippen molar-refractivity contribution in [1.29, 1.82) is 0 Å². The molecule has 35 heavy (non-hydrogen) atoms. The van der Waals surface area contributed by atoms with Crippen molar-refractivity contribution in [3.05, 3.63) is 42.0 Å². The summed E-state index contributed by atoms with van der Waals surface area (Å²) in [6, 6.07) is 4.93. The summed E-state index contributed by atoms with van der Waals surface area (Å²) in [5, 5.41) is 2.79. The topological polar surface area (TPSA) is 95.5 Å². The van der Waals surface area contributed by atoms with E-state index in [9.17, 15) is 26.4 Å². The van der Waals surface area contributed by atoms with Crippen LogP contribution in [-0.2, 0) is 9.84 Å². The van der Waals surface area contributed by atoms with Crippen LogP contribution < -0.4 is 15.1 Å². The first-order chi connectivity index (χ1) is 16.4. The summed E-state index contributed by atoms with van der Waals surface area (Å²) in [5.74, 6) is -3.35. The number of carbonyl (C=O) groups excluding carboxylic acids is 1. The van der Waals surface area contributed by atoms with Gasteiger partial charge < -0.3 is 15.1 Å². The smallest absolute Gasteiger partial charge is 0.270 e. The lowest BCUT2D eigenvalue weighted by Gasteiger charge is -2.41. The molecule has 1 saturated carbocycles. The molecule has 1 N–H and O–H groups in total. The van der Waals surface area contributed by atoms with Gasteiger partial charge in [0.05, 0.1) is 10.6 Å². The third kappa shape index (κ3) is 5.85. The highest BCUT2D eigenvalue weighted by Crippen LogP contribution is 2.33. The highest BCUT2D eigenvalue weighted by molar-refractivity contribution is 7.90. The second kappa shape index (κ2) is 9.63. The lowest BCUT2D eigenvalue weighted by atomic mass is 9.92. The zero-order valence-corrected chi connectivity index (χ0v) is 20.4. The highest BCUT2D eigenvalue weighted by atomic mass is 32.2. The van der Waals surface area contributed by atoms with Gasteiger partial charge in [-0.25, -0.2) is 31.6 Å². The van der Waals surface area contributed by atoms with Crippen LogP contribution in [0.15, 0.2) is 35.4 Å². The fourth-order valence-corrected chi connectivity index (χ4v) is 5.14. The van der Waals surface area contributed by atoms with Gasteiger partial charge >= 0.3 is 0 Å². The van der Waals surface area contributed by atoms with E-state index in [1.54, 1.807) is 0 Å². The first kappa shape index (κ1) is 25.2. The predicted octanol–water partition coefficient (Wildman–Crippen LogP) is 3.04. The number of amides is 1. The van der Waals surface area contributed by atoms with E-state index in [1.807, 2.05) is 16.7 Å². The van der Waals surface area contributed by atoms with Crippen molar-refractivity contribution < 1.29 is 26.4 Å². The number of aromatic nitrogens is 2. The van der Waals surface area contributed by atoms with Gasteiger partial charge in [-0.2, -0.15) is 0 Å². The second-order valence-corrected chi connectivity index (χ2v) is 11.2. The van der Waals surface area contributed by atoms with Gasteiger partial charge in [-0.3, -0.25) is 4.79 Å². The molecule has 2 heterocycles. The molecule has 1 atom stereocenters. The zero-order valence-electron chi connectivity index (χ0n) is 19.5. The maximum atomic E-state index is 14.7. The van der Waals surface area contributed by atoms with Crippen LogP contribution in [0.4, 0.5) is 24.8 Å². The molecule has 1 saturated heterocycles. The summed E-state index contributed by atoms with van der Waals surface area (Å²) in [6.45, 7) is 3.26. The number of benzene rings is 1. The number of rotatable bonds is 5. The molecule has 190 valence electrons. The van der Waals surface area contributed by atoms with Gasteiger partial charge in [0.1, 0.15) is 11.5 Å². The number of nitrogens with zero attached hydrogens (tertiary/aromatic N) is 4. The number of carbonyl (C=O) groups is 1.